The number of hydrogen-bond acceptors (Lipinski definition) is 1. The Morgan fingerprint density at radius 2 is 2.06 bits per heavy atom. The fraction of sp³-hybridized carbons (Fsp3) is 0.429. The van der Waals surface area contributed by atoms with Gasteiger partial charge in [-0.25, -0.2) is 4.58 Å². The van der Waals surface area contributed by atoms with Crippen molar-refractivity contribution in [3.8, 4) is 0 Å². The molecule has 1 aromatic carbocycles. The average molecular weight is 251 g/mol. The summed E-state index contributed by atoms with van der Waals surface area (Å²) < 4.78 is 2.01. The van der Waals surface area contributed by atoms with E-state index < -0.39 is 0 Å². The standard InChI is InChI=1S/C14H17ClNO/c1-8(2)10-5-11(9(3)17)14-12(15)7-16(4)13(14)6-10/h5-8,12H,1-4H3/q+1. The minimum Gasteiger partial charge on any atom is -0.294 e. The highest BCUT2D eigenvalue weighted by Crippen LogP contribution is 2.38. The van der Waals surface area contributed by atoms with Crippen molar-refractivity contribution < 1.29 is 9.37 Å². The fourth-order valence-electron chi connectivity index (χ4n) is 2.22. The molecule has 1 heterocycles. The summed E-state index contributed by atoms with van der Waals surface area (Å²) in [4.78, 5) is 11.7. The highest BCUT2D eigenvalue weighted by Gasteiger charge is 2.32. The number of carbonyl (C=O) groups is 1. The van der Waals surface area contributed by atoms with Crippen molar-refractivity contribution >= 4 is 29.3 Å². The Bertz CT molecular complexity index is 517. The van der Waals surface area contributed by atoms with E-state index in [1.54, 1.807) is 6.92 Å². The molecule has 1 unspecified atom stereocenters. The molecule has 2 rings (SSSR count). The molecule has 0 bridgehead atoms. The Labute approximate surface area is 107 Å². The van der Waals surface area contributed by atoms with Crippen LogP contribution >= 0.6 is 11.6 Å². The maximum absolute atomic E-state index is 11.7. The van der Waals surface area contributed by atoms with Crippen LogP contribution in [-0.2, 0) is 0 Å². The Hall–Kier alpha value is -1.15. The minimum absolute atomic E-state index is 0.0816. The van der Waals surface area contributed by atoms with Gasteiger partial charge in [-0.3, -0.25) is 4.79 Å². The zero-order valence-electron chi connectivity index (χ0n) is 10.6. The lowest BCUT2D eigenvalue weighted by Gasteiger charge is -2.11. The van der Waals surface area contributed by atoms with E-state index in [1.165, 1.54) is 5.56 Å². The van der Waals surface area contributed by atoms with Crippen LogP contribution in [0.5, 0.6) is 0 Å². The highest BCUT2D eigenvalue weighted by atomic mass is 35.5. The summed E-state index contributed by atoms with van der Waals surface area (Å²) in [5, 5.41) is -0.199. The van der Waals surface area contributed by atoms with Gasteiger partial charge in [0.1, 0.15) is 12.4 Å². The lowest BCUT2D eigenvalue weighted by atomic mass is 9.93. The predicted octanol–water partition coefficient (Wildman–Crippen LogP) is 3.65. The predicted molar refractivity (Wildman–Crippen MR) is 71.0 cm³/mol. The van der Waals surface area contributed by atoms with E-state index in [0.29, 0.717) is 5.92 Å². The van der Waals surface area contributed by atoms with Crippen LogP contribution in [0.3, 0.4) is 0 Å². The molecule has 0 aromatic heterocycles. The van der Waals surface area contributed by atoms with E-state index in [9.17, 15) is 4.79 Å². The van der Waals surface area contributed by atoms with Crippen molar-refractivity contribution in [1.82, 2.24) is 0 Å². The summed E-state index contributed by atoms with van der Waals surface area (Å²) in [5.41, 5.74) is 3.94. The number of nitrogens with zero attached hydrogens (tertiary/aromatic N) is 1. The van der Waals surface area contributed by atoms with E-state index in [-0.39, 0.29) is 11.2 Å². The van der Waals surface area contributed by atoms with Gasteiger partial charge in [0, 0.05) is 11.6 Å². The Kier molecular flexibility index (Phi) is 3.09. The van der Waals surface area contributed by atoms with Gasteiger partial charge in [0.05, 0.1) is 5.56 Å². The van der Waals surface area contributed by atoms with Gasteiger partial charge >= 0.3 is 0 Å². The molecule has 1 aliphatic rings. The number of Topliss-reactive ketones (excluding diaryl/α,β-unsaturated/α-hetero) is 1. The molecule has 0 amide bonds. The molecule has 0 saturated carbocycles. The van der Waals surface area contributed by atoms with Crippen molar-refractivity contribution in [3.05, 3.63) is 28.8 Å². The average Bonchev–Trinajstić information content (AvgIpc) is 2.53. The van der Waals surface area contributed by atoms with Crippen LogP contribution in [0.15, 0.2) is 12.1 Å². The molecule has 1 aliphatic heterocycles. The van der Waals surface area contributed by atoms with Crippen LogP contribution in [0.2, 0.25) is 0 Å². The second-order valence-corrected chi connectivity index (χ2v) is 5.34. The van der Waals surface area contributed by atoms with Gasteiger partial charge in [0.15, 0.2) is 12.0 Å². The van der Waals surface area contributed by atoms with Gasteiger partial charge in [-0.15, -0.1) is 11.6 Å². The molecule has 0 radical (unpaired) electrons. The summed E-state index contributed by atoms with van der Waals surface area (Å²) >= 11 is 6.27. The van der Waals surface area contributed by atoms with Crippen molar-refractivity contribution in [2.45, 2.75) is 32.1 Å². The largest absolute Gasteiger partial charge is 0.294 e. The molecule has 0 saturated heterocycles. The summed E-state index contributed by atoms with van der Waals surface area (Å²) in [7, 11) is 1.97. The number of alkyl halides is 1. The maximum Gasteiger partial charge on any atom is 0.211 e. The molecule has 0 aliphatic carbocycles. The number of hydrogen-bond donors (Lipinski definition) is 0. The van der Waals surface area contributed by atoms with E-state index in [1.807, 2.05) is 23.9 Å². The molecule has 1 atom stereocenters. The quantitative estimate of drug-likeness (QED) is 0.446. The second-order valence-electron chi connectivity index (χ2n) is 4.87. The molecule has 2 nitrogen and oxygen atoms in total. The van der Waals surface area contributed by atoms with Crippen LogP contribution < -0.4 is 0 Å². The van der Waals surface area contributed by atoms with Gasteiger partial charge in [-0.05, 0) is 24.5 Å². The molecule has 0 N–H and O–H groups in total. The fourth-order valence-corrected chi connectivity index (χ4v) is 2.62. The summed E-state index contributed by atoms with van der Waals surface area (Å²) in [6.07, 6.45) is 1.93. The zero-order valence-corrected chi connectivity index (χ0v) is 11.4. The van der Waals surface area contributed by atoms with Crippen molar-refractivity contribution in [1.29, 1.82) is 0 Å². The molecule has 1 aromatic rings. The molecule has 0 spiro atoms. The van der Waals surface area contributed by atoms with Crippen LogP contribution in [-0.4, -0.2) is 23.6 Å². The number of rotatable bonds is 2. The zero-order chi connectivity index (χ0) is 12.7. The van der Waals surface area contributed by atoms with E-state index in [0.717, 1.165) is 16.8 Å². The van der Waals surface area contributed by atoms with Crippen molar-refractivity contribution in [2.75, 3.05) is 7.05 Å². The third-order valence-corrected chi connectivity index (χ3v) is 3.57. The van der Waals surface area contributed by atoms with E-state index in [4.69, 9.17) is 11.6 Å². The second kappa shape index (κ2) is 4.26. The first-order valence-electron chi connectivity index (χ1n) is 5.82. The summed E-state index contributed by atoms with van der Waals surface area (Å²) in [5.74, 6) is 0.485. The molecule has 0 fully saturated rings. The van der Waals surface area contributed by atoms with Crippen LogP contribution in [0.25, 0.3) is 0 Å². The van der Waals surface area contributed by atoms with Crippen molar-refractivity contribution in [2.24, 2.45) is 0 Å². The molecule has 90 valence electrons. The summed E-state index contributed by atoms with van der Waals surface area (Å²) in [6, 6.07) is 4.11. The van der Waals surface area contributed by atoms with E-state index in [2.05, 4.69) is 19.9 Å². The van der Waals surface area contributed by atoms with Gasteiger partial charge in [-0.1, -0.05) is 13.8 Å². The van der Waals surface area contributed by atoms with Gasteiger partial charge < -0.3 is 0 Å². The van der Waals surface area contributed by atoms with Gasteiger partial charge in [0.25, 0.3) is 0 Å². The van der Waals surface area contributed by atoms with E-state index >= 15 is 0 Å². The molecule has 3 heteroatoms. The Balaban J connectivity index is 2.70. The first-order chi connectivity index (χ1) is 7.91. The Morgan fingerprint density at radius 1 is 1.41 bits per heavy atom. The number of carbonyl (C=O) groups excluding carboxylic acids is 1. The highest BCUT2D eigenvalue weighted by molar-refractivity contribution is 6.29. The van der Waals surface area contributed by atoms with Crippen LogP contribution in [0, 0.1) is 0 Å². The SMILES string of the molecule is CC(=O)c1cc(C(C)C)cc2c1C(Cl)C=[N+]2C. The first-order valence-corrected chi connectivity index (χ1v) is 6.26. The molecular weight excluding hydrogens is 234 g/mol. The number of ketones is 1. The van der Waals surface area contributed by atoms with Gasteiger partial charge in [0.2, 0.25) is 5.69 Å². The third-order valence-electron chi connectivity index (χ3n) is 3.24. The van der Waals surface area contributed by atoms with Crippen molar-refractivity contribution in [3.63, 3.8) is 0 Å². The molecule has 17 heavy (non-hydrogen) atoms. The third kappa shape index (κ3) is 2.02. The summed E-state index contributed by atoms with van der Waals surface area (Å²) in [6.45, 7) is 5.85. The monoisotopic (exact) mass is 250 g/mol. The first kappa shape index (κ1) is 12.3. The minimum atomic E-state index is -0.199. The normalized spacial score (nSPS) is 18.2. The van der Waals surface area contributed by atoms with Crippen LogP contribution in [0.1, 0.15) is 53.6 Å². The van der Waals surface area contributed by atoms with Gasteiger partial charge in [-0.2, -0.15) is 0 Å². The smallest absolute Gasteiger partial charge is 0.211 e. The topological polar surface area (TPSA) is 20.1 Å². The Morgan fingerprint density at radius 3 is 2.59 bits per heavy atom. The number of fused-ring (bicyclic) bond motifs is 1. The lowest BCUT2D eigenvalue weighted by Crippen LogP contribution is -2.03. The number of benzene rings is 1. The number of halogens is 1. The van der Waals surface area contributed by atoms with Crippen LogP contribution in [0.4, 0.5) is 5.69 Å². The maximum atomic E-state index is 11.7. The lowest BCUT2D eigenvalue weighted by molar-refractivity contribution is -0.396. The molecular formula is C14H17ClNO+.